The number of aromatic amines is 1. The van der Waals surface area contributed by atoms with Gasteiger partial charge in [0.1, 0.15) is 5.82 Å². The highest BCUT2D eigenvalue weighted by Crippen LogP contribution is 2.23. The van der Waals surface area contributed by atoms with Crippen molar-refractivity contribution in [3.8, 4) is 0 Å². The second kappa shape index (κ2) is 15.3. The Labute approximate surface area is 234 Å². The van der Waals surface area contributed by atoms with Gasteiger partial charge in [-0.3, -0.25) is 5.10 Å². The van der Waals surface area contributed by atoms with E-state index in [1.54, 1.807) is 11.9 Å². The van der Waals surface area contributed by atoms with Crippen molar-refractivity contribution < 1.29 is 13.2 Å². The Morgan fingerprint density at radius 3 is 2.46 bits per heavy atom. The van der Waals surface area contributed by atoms with Gasteiger partial charge in [0.25, 0.3) is 0 Å². The summed E-state index contributed by atoms with van der Waals surface area (Å²) in [5, 5.41) is 7.28. The normalized spacial score (nSPS) is 15.4. The minimum Gasteiger partial charge on any atom is -0.325 e. The van der Waals surface area contributed by atoms with E-state index >= 15 is 0 Å². The van der Waals surface area contributed by atoms with Crippen molar-refractivity contribution in [2.75, 3.05) is 39.5 Å². The van der Waals surface area contributed by atoms with Crippen LogP contribution >= 0.6 is 0 Å². The largest absolute Gasteiger partial charge is 0.325 e. The van der Waals surface area contributed by atoms with Crippen LogP contribution in [0.4, 0.5) is 4.79 Å². The highest BCUT2D eigenvalue weighted by Gasteiger charge is 2.26. The fraction of sp³-hybridized carbons (Fsp3) is 0.679. The van der Waals surface area contributed by atoms with Crippen LogP contribution in [0.3, 0.4) is 0 Å². The third-order valence-electron chi connectivity index (χ3n) is 7.68. The molecule has 1 fully saturated rings. The number of H-pyrrole nitrogens is 1. The number of sulfonamides is 1. The van der Waals surface area contributed by atoms with Crippen molar-refractivity contribution in [2.24, 2.45) is 0 Å². The van der Waals surface area contributed by atoms with Crippen LogP contribution in [0.2, 0.25) is 0 Å². The van der Waals surface area contributed by atoms with Gasteiger partial charge in [-0.05, 0) is 57.3 Å². The average Bonchev–Trinajstić information content (AvgIpc) is 3.41. The van der Waals surface area contributed by atoms with Crippen LogP contribution in [0, 0.1) is 0 Å². The number of carbonyl (C=O) groups excluding carboxylic acids is 1. The zero-order valence-corrected chi connectivity index (χ0v) is 24.9. The van der Waals surface area contributed by atoms with Gasteiger partial charge in [-0.1, -0.05) is 63.4 Å². The molecule has 0 radical (unpaired) electrons. The van der Waals surface area contributed by atoms with Crippen LogP contribution in [0.1, 0.15) is 82.0 Å². The molecule has 2 N–H and O–H groups in total. The fourth-order valence-electron chi connectivity index (χ4n) is 5.21. The van der Waals surface area contributed by atoms with Gasteiger partial charge < -0.3 is 14.7 Å². The summed E-state index contributed by atoms with van der Waals surface area (Å²) in [5.74, 6) is 0.981. The molecule has 0 unspecified atom stereocenters. The van der Waals surface area contributed by atoms with Gasteiger partial charge in [0.2, 0.25) is 10.0 Å². The van der Waals surface area contributed by atoms with Gasteiger partial charge in [0, 0.05) is 20.1 Å². The number of benzene rings is 1. The molecule has 1 aromatic heterocycles. The Kier molecular flexibility index (Phi) is 12.2. The molecule has 0 aliphatic heterocycles. The van der Waals surface area contributed by atoms with E-state index < -0.39 is 16.1 Å². The van der Waals surface area contributed by atoms with E-state index in [1.165, 1.54) is 6.42 Å². The lowest BCUT2D eigenvalue weighted by molar-refractivity contribution is 0.140. The Morgan fingerprint density at radius 1 is 1.10 bits per heavy atom. The summed E-state index contributed by atoms with van der Waals surface area (Å²) >= 11 is 0. The zero-order valence-electron chi connectivity index (χ0n) is 24.1. The molecule has 0 spiro atoms. The molecule has 1 aliphatic carbocycles. The average molecular weight is 562 g/mol. The second-order valence-corrected chi connectivity index (χ2v) is 12.4. The summed E-state index contributed by atoms with van der Waals surface area (Å²) in [7, 11) is 0.0890. The third-order valence-corrected chi connectivity index (χ3v) is 9.15. The summed E-state index contributed by atoms with van der Waals surface area (Å²) in [6.45, 7) is 6.95. The Morgan fingerprint density at radius 2 is 1.79 bits per heavy atom. The summed E-state index contributed by atoms with van der Waals surface area (Å²) in [4.78, 5) is 23.3. The third kappa shape index (κ3) is 9.88. The second-order valence-electron chi connectivity index (χ2n) is 10.6. The lowest BCUT2D eigenvalue weighted by Gasteiger charge is -2.33. The maximum Gasteiger partial charge on any atom is 0.320 e. The molecule has 10 nitrogen and oxygen atoms in total. The molecule has 39 heavy (non-hydrogen) atoms. The number of aromatic nitrogens is 3. The number of nitrogens with one attached hydrogen (secondary N) is 2. The zero-order chi connectivity index (χ0) is 28.3. The first kappa shape index (κ1) is 31.0. The topological polar surface area (TPSA) is 115 Å². The van der Waals surface area contributed by atoms with Crippen LogP contribution < -0.4 is 4.72 Å². The quantitative estimate of drug-likeness (QED) is 0.340. The van der Waals surface area contributed by atoms with Gasteiger partial charge in [-0.25, -0.2) is 22.9 Å². The van der Waals surface area contributed by atoms with E-state index in [0.717, 1.165) is 50.9 Å². The van der Waals surface area contributed by atoms with Crippen molar-refractivity contribution in [1.82, 2.24) is 34.6 Å². The molecule has 1 heterocycles. The van der Waals surface area contributed by atoms with Crippen molar-refractivity contribution in [3.05, 3.63) is 47.5 Å². The van der Waals surface area contributed by atoms with Gasteiger partial charge in [-0.15, -0.1) is 0 Å². The van der Waals surface area contributed by atoms with E-state index in [0.29, 0.717) is 30.9 Å². The lowest BCUT2D eigenvalue weighted by atomic mass is 9.95. The van der Waals surface area contributed by atoms with Crippen LogP contribution in [0.25, 0.3) is 0 Å². The van der Waals surface area contributed by atoms with Gasteiger partial charge >= 0.3 is 6.03 Å². The number of aryl methyl sites for hydroxylation is 1. The molecule has 0 saturated heterocycles. The summed E-state index contributed by atoms with van der Waals surface area (Å²) in [6.07, 6.45) is 7.42. The molecular weight excluding hydrogens is 514 g/mol. The Hall–Kier alpha value is -2.50. The fourth-order valence-corrected chi connectivity index (χ4v) is 6.50. The molecule has 3 rings (SSSR count). The SMILES string of the molecule is CCN(CC)CCCS(=O)(=O)N[C@H](CCc1ccccc1)c1nc(CN(C)C(=O)N(C)C2CCCCC2)n[nH]1. The predicted octanol–water partition coefficient (Wildman–Crippen LogP) is 3.95. The minimum atomic E-state index is -3.53. The van der Waals surface area contributed by atoms with E-state index in [4.69, 9.17) is 0 Å². The van der Waals surface area contributed by atoms with Crippen molar-refractivity contribution >= 4 is 16.1 Å². The van der Waals surface area contributed by atoms with Gasteiger partial charge in [-0.2, -0.15) is 5.10 Å². The Balaban J connectivity index is 1.66. The number of rotatable bonds is 15. The first-order valence-electron chi connectivity index (χ1n) is 14.4. The van der Waals surface area contributed by atoms with Crippen molar-refractivity contribution in [1.29, 1.82) is 0 Å². The smallest absolute Gasteiger partial charge is 0.320 e. The number of hydrogen-bond donors (Lipinski definition) is 2. The van der Waals surface area contributed by atoms with E-state index in [9.17, 15) is 13.2 Å². The number of urea groups is 1. The summed E-state index contributed by atoms with van der Waals surface area (Å²) in [6, 6.07) is 9.66. The van der Waals surface area contributed by atoms with Crippen molar-refractivity contribution in [3.63, 3.8) is 0 Å². The van der Waals surface area contributed by atoms with Crippen molar-refractivity contribution in [2.45, 2.75) is 83.8 Å². The van der Waals surface area contributed by atoms with Crippen LogP contribution in [0.15, 0.2) is 30.3 Å². The van der Waals surface area contributed by atoms with Gasteiger partial charge in [0.05, 0.1) is 18.3 Å². The number of nitrogens with zero attached hydrogens (tertiary/aromatic N) is 5. The predicted molar refractivity (Wildman–Crippen MR) is 155 cm³/mol. The highest BCUT2D eigenvalue weighted by molar-refractivity contribution is 7.89. The standard InChI is InChI=1S/C28H47N7O3S/c1-5-35(6-2)20-13-21-39(37,38)32-25(19-18-23-14-9-7-10-15-23)27-29-26(30-31-27)22-33(3)28(36)34(4)24-16-11-8-12-17-24/h7,9-10,14-15,24-25,32H,5-6,8,11-13,16-22H2,1-4H3,(H,29,30,31)/t25-/m1/s1. The molecule has 11 heteroatoms. The maximum absolute atomic E-state index is 13.0. The molecule has 1 aromatic carbocycles. The number of amides is 2. The first-order valence-corrected chi connectivity index (χ1v) is 16.0. The van der Waals surface area contributed by atoms with Crippen LogP contribution in [-0.4, -0.2) is 89.9 Å². The molecule has 1 saturated carbocycles. The molecule has 0 bridgehead atoms. The van der Waals surface area contributed by atoms with E-state index in [2.05, 4.69) is 38.7 Å². The molecule has 1 aliphatic rings. The van der Waals surface area contributed by atoms with Gasteiger partial charge in [0.15, 0.2) is 5.82 Å². The molecular formula is C28H47N7O3S. The summed E-state index contributed by atoms with van der Waals surface area (Å²) in [5.41, 5.74) is 1.12. The lowest BCUT2D eigenvalue weighted by Crippen LogP contribution is -2.45. The van der Waals surface area contributed by atoms with E-state index in [1.807, 2.05) is 42.3 Å². The highest BCUT2D eigenvalue weighted by atomic mass is 32.2. The summed E-state index contributed by atoms with van der Waals surface area (Å²) < 4.78 is 28.9. The maximum atomic E-state index is 13.0. The number of hydrogen-bond acceptors (Lipinski definition) is 6. The van der Waals surface area contributed by atoms with E-state index in [-0.39, 0.29) is 24.4 Å². The monoisotopic (exact) mass is 561 g/mol. The van der Waals surface area contributed by atoms with Crippen LogP contribution in [-0.2, 0) is 23.0 Å². The molecule has 2 aromatic rings. The first-order chi connectivity index (χ1) is 18.7. The Bertz CT molecular complexity index is 1100. The molecule has 218 valence electrons. The number of carbonyl (C=O) groups is 1. The van der Waals surface area contributed by atoms with Crippen LogP contribution in [0.5, 0.6) is 0 Å². The molecule has 1 atom stereocenters. The minimum absolute atomic E-state index is 0.0527. The molecule has 2 amide bonds.